The van der Waals surface area contributed by atoms with Crippen LogP contribution in [0.15, 0.2) is 60.7 Å². The number of carboxylic acids is 1. The van der Waals surface area contributed by atoms with Crippen LogP contribution in [0.5, 0.6) is 5.75 Å². The maximum Gasteiger partial charge on any atom is 0.355 e. The van der Waals surface area contributed by atoms with Gasteiger partial charge in [0, 0.05) is 29.1 Å². The minimum atomic E-state index is -1.06. The van der Waals surface area contributed by atoms with E-state index in [0.29, 0.717) is 77.0 Å². The minimum absolute atomic E-state index is 0.0546. The Morgan fingerprint density at radius 2 is 1.96 bits per heavy atom. The second kappa shape index (κ2) is 16.5. The fourth-order valence-corrected chi connectivity index (χ4v) is 7.97. The molecule has 1 amide bonds. The first-order chi connectivity index (χ1) is 24.3. The van der Waals surface area contributed by atoms with Crippen LogP contribution in [-0.2, 0) is 19.4 Å². The molecule has 1 aliphatic rings. The van der Waals surface area contributed by atoms with E-state index in [1.807, 2.05) is 54.6 Å². The molecule has 5 aromatic rings. The molecule has 0 unspecified atom stereocenters. The summed E-state index contributed by atoms with van der Waals surface area (Å²) in [5.41, 5.74) is 4.31. The number of anilines is 2. The summed E-state index contributed by atoms with van der Waals surface area (Å²) in [6.07, 6.45) is 4.10. The minimum Gasteiger partial charge on any atom is -0.492 e. The topological polar surface area (TPSA) is 108 Å². The Bertz CT molecular complexity index is 2030. The average Bonchev–Trinajstić information content (AvgIpc) is 3.73. The molecule has 2 N–H and O–H groups in total. The third-order valence-electron chi connectivity index (χ3n) is 8.40. The van der Waals surface area contributed by atoms with Crippen molar-refractivity contribution in [2.75, 3.05) is 43.5 Å². The third kappa shape index (κ3) is 8.63. The molecule has 2 aromatic heterocycles. The normalized spacial score (nSPS) is 12.4. The Balaban J connectivity index is 1.07. The van der Waals surface area contributed by atoms with Gasteiger partial charge in [-0.3, -0.25) is 15.0 Å². The number of unbranched alkanes of at least 4 members (excludes halogenated alkanes) is 1. The molecule has 0 atom stereocenters. The highest BCUT2D eigenvalue weighted by atomic mass is 35.5. The SMILES string of the molecule is CCCCN(C)CC#Cc1ccc(OCCCc2sc(N3CCc4cccc(C(=O)Nc5nc6ccccc6s5)c4C3)nc2C(=O)O)c(Cl)c1. The highest BCUT2D eigenvalue weighted by Crippen LogP contribution is 2.34. The first kappa shape index (κ1) is 35.4. The number of nitrogens with zero attached hydrogens (tertiary/aromatic N) is 4. The van der Waals surface area contributed by atoms with E-state index in [0.717, 1.165) is 46.3 Å². The zero-order valence-corrected chi connectivity index (χ0v) is 30.4. The molecule has 0 spiro atoms. The summed E-state index contributed by atoms with van der Waals surface area (Å²) in [6.45, 7) is 5.38. The molecular weight excluding hydrogens is 690 g/mol. The van der Waals surface area contributed by atoms with Crippen LogP contribution in [0.3, 0.4) is 0 Å². The van der Waals surface area contributed by atoms with Gasteiger partial charge in [0.05, 0.1) is 28.4 Å². The van der Waals surface area contributed by atoms with Crippen molar-refractivity contribution in [3.05, 3.63) is 98.5 Å². The fraction of sp³-hybridized carbons (Fsp3) is 0.316. The number of fused-ring (bicyclic) bond motifs is 2. The first-order valence-electron chi connectivity index (χ1n) is 16.6. The number of para-hydroxylation sites is 1. The summed E-state index contributed by atoms with van der Waals surface area (Å²) in [5.74, 6) is 5.64. The van der Waals surface area contributed by atoms with Gasteiger partial charge in [-0.2, -0.15) is 0 Å². The molecule has 0 fully saturated rings. The van der Waals surface area contributed by atoms with Crippen molar-refractivity contribution in [1.29, 1.82) is 0 Å². The van der Waals surface area contributed by atoms with Gasteiger partial charge < -0.3 is 14.7 Å². The molecule has 0 bridgehead atoms. The van der Waals surface area contributed by atoms with Crippen molar-refractivity contribution in [2.45, 2.75) is 45.6 Å². The molecule has 50 heavy (non-hydrogen) atoms. The number of carbonyl (C=O) groups excluding carboxylic acids is 1. The number of benzene rings is 3. The Kier molecular flexibility index (Phi) is 11.7. The summed E-state index contributed by atoms with van der Waals surface area (Å²) in [7, 11) is 2.07. The number of hydrogen-bond donors (Lipinski definition) is 2. The van der Waals surface area contributed by atoms with Crippen LogP contribution in [-0.4, -0.2) is 65.1 Å². The molecule has 12 heteroatoms. The lowest BCUT2D eigenvalue weighted by Crippen LogP contribution is -2.32. The fourth-order valence-electron chi connectivity index (χ4n) is 5.75. The van der Waals surface area contributed by atoms with Crippen molar-refractivity contribution in [3.63, 3.8) is 0 Å². The number of hydrogen-bond acceptors (Lipinski definition) is 9. The Hall–Kier alpha value is -4.47. The summed E-state index contributed by atoms with van der Waals surface area (Å²) in [5, 5.41) is 14.6. The number of carbonyl (C=O) groups is 2. The van der Waals surface area contributed by atoms with Crippen LogP contribution in [0.25, 0.3) is 10.2 Å². The van der Waals surface area contributed by atoms with E-state index in [1.54, 1.807) is 6.07 Å². The smallest absolute Gasteiger partial charge is 0.355 e. The molecule has 258 valence electrons. The molecule has 9 nitrogen and oxygen atoms in total. The van der Waals surface area contributed by atoms with Gasteiger partial charge in [-0.15, -0.1) is 11.3 Å². The van der Waals surface area contributed by atoms with Crippen molar-refractivity contribution in [2.24, 2.45) is 0 Å². The standard InChI is InChI=1S/C38H38ClN5O4S2/c1-3-4-19-43(2)20-8-10-25-16-17-31(29(39)23-25)48-22-9-15-33-34(36(46)47)41-38(50-33)44-21-18-26-11-7-12-27(28(26)24-44)35(45)42-37-40-30-13-5-6-14-32(30)49-37/h5-7,11-14,16-17,23H,3-4,9,15,18-22,24H2,1-2H3,(H,46,47)(H,40,42,45). The average molecular weight is 728 g/mol. The van der Waals surface area contributed by atoms with Crippen LogP contribution < -0.4 is 15.0 Å². The molecule has 1 aliphatic heterocycles. The van der Waals surface area contributed by atoms with E-state index < -0.39 is 5.97 Å². The van der Waals surface area contributed by atoms with Crippen LogP contribution in [0.4, 0.5) is 10.3 Å². The number of aromatic nitrogens is 2. The van der Waals surface area contributed by atoms with E-state index in [-0.39, 0.29) is 11.6 Å². The summed E-state index contributed by atoms with van der Waals surface area (Å²) in [4.78, 5) is 39.7. The van der Waals surface area contributed by atoms with Gasteiger partial charge in [0.1, 0.15) is 5.75 Å². The second-order valence-electron chi connectivity index (χ2n) is 12.1. The molecule has 3 aromatic carbocycles. The molecule has 0 radical (unpaired) electrons. The number of amides is 1. The highest BCUT2D eigenvalue weighted by molar-refractivity contribution is 7.22. The number of rotatable bonds is 13. The maximum absolute atomic E-state index is 13.5. The second-order valence-corrected chi connectivity index (χ2v) is 14.6. The molecule has 0 saturated heterocycles. The van der Waals surface area contributed by atoms with Gasteiger partial charge in [-0.05, 0) is 86.8 Å². The lowest BCUT2D eigenvalue weighted by Gasteiger charge is -2.29. The molecule has 3 heterocycles. The predicted octanol–water partition coefficient (Wildman–Crippen LogP) is 8.01. The number of halogens is 1. The van der Waals surface area contributed by atoms with Gasteiger partial charge >= 0.3 is 5.97 Å². The summed E-state index contributed by atoms with van der Waals surface area (Å²) in [6, 6.07) is 19.1. The third-order valence-corrected chi connectivity index (χ3v) is 10.8. The van der Waals surface area contributed by atoms with Crippen molar-refractivity contribution < 1.29 is 19.4 Å². The van der Waals surface area contributed by atoms with Crippen LogP contribution in [0.1, 0.15) is 68.6 Å². The number of aryl methyl sites for hydroxylation is 1. The van der Waals surface area contributed by atoms with E-state index in [4.69, 9.17) is 16.3 Å². The monoisotopic (exact) mass is 727 g/mol. The quantitative estimate of drug-likeness (QED) is 0.0928. The maximum atomic E-state index is 13.5. The van der Waals surface area contributed by atoms with Crippen LogP contribution >= 0.6 is 34.3 Å². The van der Waals surface area contributed by atoms with Crippen molar-refractivity contribution >= 4 is 66.6 Å². The largest absolute Gasteiger partial charge is 0.492 e. The lowest BCUT2D eigenvalue weighted by atomic mass is 9.94. The molecular formula is C38H38ClN5O4S2. The first-order valence-corrected chi connectivity index (χ1v) is 18.7. The van der Waals surface area contributed by atoms with Gasteiger partial charge in [0.2, 0.25) is 0 Å². The van der Waals surface area contributed by atoms with E-state index in [1.165, 1.54) is 22.7 Å². The van der Waals surface area contributed by atoms with Crippen LogP contribution in [0.2, 0.25) is 5.02 Å². The highest BCUT2D eigenvalue weighted by Gasteiger charge is 2.26. The Labute approximate surface area is 304 Å². The van der Waals surface area contributed by atoms with Gasteiger partial charge in [0.15, 0.2) is 16.0 Å². The number of ether oxygens (including phenoxy) is 1. The molecule has 0 saturated carbocycles. The van der Waals surface area contributed by atoms with E-state index in [2.05, 4.69) is 50.9 Å². The van der Waals surface area contributed by atoms with Gasteiger partial charge in [-0.25, -0.2) is 14.8 Å². The molecule has 6 rings (SSSR count). The number of carboxylic acid groups (broad SMARTS) is 1. The van der Waals surface area contributed by atoms with Gasteiger partial charge in [-0.1, -0.05) is 72.4 Å². The Morgan fingerprint density at radius 1 is 1.10 bits per heavy atom. The Morgan fingerprint density at radius 3 is 2.76 bits per heavy atom. The van der Waals surface area contributed by atoms with Crippen LogP contribution in [0, 0.1) is 11.8 Å². The molecule has 0 aliphatic carbocycles. The predicted molar refractivity (Wildman–Crippen MR) is 202 cm³/mol. The van der Waals surface area contributed by atoms with Gasteiger partial charge in [0.25, 0.3) is 5.91 Å². The van der Waals surface area contributed by atoms with E-state index in [9.17, 15) is 14.7 Å². The summed E-state index contributed by atoms with van der Waals surface area (Å²) >= 11 is 9.31. The zero-order chi connectivity index (χ0) is 35.0. The van der Waals surface area contributed by atoms with Crippen molar-refractivity contribution in [1.82, 2.24) is 14.9 Å². The number of aromatic carboxylic acids is 1. The lowest BCUT2D eigenvalue weighted by molar-refractivity contribution is 0.0690. The number of thiazole rings is 2. The van der Waals surface area contributed by atoms with E-state index >= 15 is 0 Å². The zero-order valence-electron chi connectivity index (χ0n) is 28.0. The van der Waals surface area contributed by atoms with Crippen molar-refractivity contribution in [3.8, 4) is 17.6 Å². The summed E-state index contributed by atoms with van der Waals surface area (Å²) < 4.78 is 6.96. The number of nitrogens with one attached hydrogen (secondary N) is 1.